The Bertz CT molecular complexity index is 627. The summed E-state index contributed by atoms with van der Waals surface area (Å²) in [5.41, 5.74) is 0. The maximum absolute atomic E-state index is 11.8. The highest BCUT2D eigenvalue weighted by molar-refractivity contribution is 7.99. The lowest BCUT2D eigenvalue weighted by atomic mass is 10.1. The lowest BCUT2D eigenvalue weighted by Gasteiger charge is -2.16. The molecule has 1 fully saturated rings. The van der Waals surface area contributed by atoms with Gasteiger partial charge in [0.2, 0.25) is 11.8 Å². The zero-order chi connectivity index (χ0) is 16.3. The summed E-state index contributed by atoms with van der Waals surface area (Å²) in [4.78, 5) is 11.8. The Morgan fingerprint density at radius 1 is 1.41 bits per heavy atom. The summed E-state index contributed by atoms with van der Waals surface area (Å²) in [6.45, 7) is 6.04. The number of nitrogens with one attached hydrogen (secondary N) is 1. The van der Waals surface area contributed by atoms with Crippen LogP contribution in [0.1, 0.15) is 39.0 Å². The molecule has 7 nitrogen and oxygen atoms in total. The summed E-state index contributed by atoms with van der Waals surface area (Å²) < 4.78 is 28.4. The van der Waals surface area contributed by atoms with Gasteiger partial charge in [0.05, 0.1) is 23.2 Å². The molecule has 1 aliphatic rings. The SMILES string of the molecule is CC(C)C(C)NC(=O)CSc1nnc(C2CCS(=O)(=O)C2)o1. The Balaban J connectivity index is 1.84. The van der Waals surface area contributed by atoms with Crippen LogP contribution in [0, 0.1) is 5.92 Å². The summed E-state index contributed by atoms with van der Waals surface area (Å²) >= 11 is 1.16. The van der Waals surface area contributed by atoms with Gasteiger partial charge in [0.1, 0.15) is 0 Å². The molecular formula is C13H21N3O4S2. The van der Waals surface area contributed by atoms with Crippen LogP contribution < -0.4 is 5.32 Å². The van der Waals surface area contributed by atoms with Crippen LogP contribution >= 0.6 is 11.8 Å². The van der Waals surface area contributed by atoms with E-state index in [2.05, 4.69) is 15.5 Å². The predicted molar refractivity (Wildman–Crippen MR) is 83.5 cm³/mol. The Morgan fingerprint density at radius 2 is 2.14 bits per heavy atom. The Kier molecular flexibility index (Phi) is 5.49. The Morgan fingerprint density at radius 3 is 2.73 bits per heavy atom. The van der Waals surface area contributed by atoms with Gasteiger partial charge >= 0.3 is 0 Å². The van der Waals surface area contributed by atoms with Crippen LogP contribution in [0.3, 0.4) is 0 Å². The second-order valence-electron chi connectivity index (χ2n) is 5.90. The number of rotatable bonds is 6. The predicted octanol–water partition coefficient (Wildman–Crippen LogP) is 1.22. The van der Waals surface area contributed by atoms with Gasteiger partial charge in [-0.2, -0.15) is 0 Å². The van der Waals surface area contributed by atoms with Gasteiger partial charge in [-0.15, -0.1) is 10.2 Å². The average molecular weight is 347 g/mol. The van der Waals surface area contributed by atoms with Crippen molar-refractivity contribution in [2.75, 3.05) is 17.3 Å². The number of carbonyl (C=O) groups is 1. The largest absolute Gasteiger partial charge is 0.416 e. The van der Waals surface area contributed by atoms with E-state index in [0.717, 1.165) is 11.8 Å². The van der Waals surface area contributed by atoms with Crippen molar-refractivity contribution in [1.82, 2.24) is 15.5 Å². The number of hydrogen-bond donors (Lipinski definition) is 1. The van der Waals surface area contributed by atoms with E-state index in [4.69, 9.17) is 4.42 Å². The van der Waals surface area contributed by atoms with Crippen molar-refractivity contribution in [2.24, 2.45) is 5.92 Å². The van der Waals surface area contributed by atoms with E-state index in [1.807, 2.05) is 20.8 Å². The van der Waals surface area contributed by atoms with Gasteiger partial charge in [0, 0.05) is 6.04 Å². The molecule has 1 amide bonds. The average Bonchev–Trinajstić information content (AvgIpc) is 3.02. The van der Waals surface area contributed by atoms with Gasteiger partial charge < -0.3 is 9.73 Å². The molecule has 2 heterocycles. The summed E-state index contributed by atoms with van der Waals surface area (Å²) in [5.74, 6) is 0.828. The molecular weight excluding hydrogens is 326 g/mol. The molecule has 2 unspecified atom stereocenters. The van der Waals surface area contributed by atoms with E-state index < -0.39 is 9.84 Å². The summed E-state index contributed by atoms with van der Waals surface area (Å²) in [5, 5.41) is 11.0. The van der Waals surface area contributed by atoms with E-state index in [-0.39, 0.29) is 35.1 Å². The van der Waals surface area contributed by atoms with Crippen LogP contribution in [-0.2, 0) is 14.6 Å². The molecule has 0 spiro atoms. The maximum Gasteiger partial charge on any atom is 0.277 e. The van der Waals surface area contributed by atoms with E-state index in [1.165, 1.54) is 0 Å². The van der Waals surface area contributed by atoms with Crippen molar-refractivity contribution >= 4 is 27.5 Å². The first-order valence-electron chi connectivity index (χ1n) is 7.23. The summed E-state index contributed by atoms with van der Waals surface area (Å²) in [6, 6.07) is 0.107. The quantitative estimate of drug-likeness (QED) is 0.772. The molecule has 1 N–H and O–H groups in total. The van der Waals surface area contributed by atoms with E-state index in [9.17, 15) is 13.2 Å². The van der Waals surface area contributed by atoms with Crippen LogP contribution in [0.15, 0.2) is 9.64 Å². The van der Waals surface area contributed by atoms with Crippen LogP contribution in [0.4, 0.5) is 0 Å². The normalized spacial score (nSPS) is 21.9. The Hall–Kier alpha value is -1.09. The zero-order valence-electron chi connectivity index (χ0n) is 12.9. The van der Waals surface area contributed by atoms with Crippen molar-refractivity contribution in [3.8, 4) is 0 Å². The molecule has 1 aromatic rings. The van der Waals surface area contributed by atoms with Crippen molar-refractivity contribution in [2.45, 2.75) is 44.4 Å². The monoisotopic (exact) mass is 347 g/mol. The number of nitrogens with zero attached hydrogens (tertiary/aromatic N) is 2. The molecule has 124 valence electrons. The highest BCUT2D eigenvalue weighted by Crippen LogP contribution is 2.29. The van der Waals surface area contributed by atoms with Crippen molar-refractivity contribution in [1.29, 1.82) is 0 Å². The molecule has 2 rings (SSSR count). The molecule has 2 atom stereocenters. The van der Waals surface area contributed by atoms with Crippen molar-refractivity contribution in [3.05, 3.63) is 5.89 Å². The summed E-state index contributed by atoms with van der Waals surface area (Å²) in [7, 11) is -2.98. The molecule has 1 aromatic heterocycles. The second kappa shape index (κ2) is 6.99. The third kappa shape index (κ3) is 4.70. The Labute approximate surface area is 134 Å². The van der Waals surface area contributed by atoms with Crippen LogP contribution in [-0.4, -0.2) is 47.8 Å². The fourth-order valence-electron chi connectivity index (χ4n) is 2.02. The van der Waals surface area contributed by atoms with Crippen molar-refractivity contribution in [3.63, 3.8) is 0 Å². The topological polar surface area (TPSA) is 102 Å². The van der Waals surface area contributed by atoms with E-state index in [1.54, 1.807) is 0 Å². The number of carbonyl (C=O) groups excluding carboxylic acids is 1. The highest BCUT2D eigenvalue weighted by Gasteiger charge is 2.32. The lowest BCUT2D eigenvalue weighted by molar-refractivity contribution is -0.119. The molecule has 9 heteroatoms. The molecule has 0 aromatic carbocycles. The second-order valence-corrected chi connectivity index (χ2v) is 9.05. The van der Waals surface area contributed by atoms with Gasteiger partial charge in [-0.05, 0) is 19.3 Å². The molecule has 0 radical (unpaired) electrons. The fourth-order valence-corrected chi connectivity index (χ4v) is 4.34. The minimum absolute atomic E-state index is 0.0612. The highest BCUT2D eigenvalue weighted by atomic mass is 32.2. The summed E-state index contributed by atoms with van der Waals surface area (Å²) in [6.07, 6.45) is 0.515. The third-order valence-electron chi connectivity index (χ3n) is 3.72. The maximum atomic E-state index is 11.8. The molecule has 22 heavy (non-hydrogen) atoms. The molecule has 1 aliphatic heterocycles. The van der Waals surface area contributed by atoms with Gasteiger partial charge in [0.15, 0.2) is 9.84 Å². The van der Waals surface area contributed by atoms with Crippen LogP contribution in [0.25, 0.3) is 0 Å². The molecule has 0 bridgehead atoms. The van der Waals surface area contributed by atoms with Crippen molar-refractivity contribution < 1.29 is 17.6 Å². The van der Waals surface area contributed by atoms with E-state index >= 15 is 0 Å². The first-order valence-corrected chi connectivity index (χ1v) is 10.0. The lowest BCUT2D eigenvalue weighted by Crippen LogP contribution is -2.37. The van der Waals surface area contributed by atoms with Gasteiger partial charge in [-0.1, -0.05) is 25.6 Å². The van der Waals surface area contributed by atoms with Gasteiger partial charge in [0.25, 0.3) is 5.22 Å². The standard InChI is InChI=1S/C13H21N3O4S2/c1-8(2)9(3)14-11(17)6-21-13-16-15-12(20-13)10-4-5-22(18,19)7-10/h8-10H,4-7H2,1-3H3,(H,14,17). The number of aromatic nitrogens is 2. The number of sulfone groups is 1. The molecule has 1 saturated heterocycles. The molecule has 0 aliphatic carbocycles. The number of hydrogen-bond acceptors (Lipinski definition) is 7. The van der Waals surface area contributed by atoms with Crippen LogP contribution in [0.2, 0.25) is 0 Å². The first-order chi connectivity index (χ1) is 10.3. The first kappa shape index (κ1) is 17.3. The molecule has 0 saturated carbocycles. The van der Waals surface area contributed by atoms with Crippen LogP contribution in [0.5, 0.6) is 0 Å². The minimum atomic E-state index is -2.98. The minimum Gasteiger partial charge on any atom is -0.416 e. The third-order valence-corrected chi connectivity index (χ3v) is 6.31. The number of thioether (sulfide) groups is 1. The number of amides is 1. The van der Waals surface area contributed by atoms with Gasteiger partial charge in [-0.3, -0.25) is 4.79 Å². The zero-order valence-corrected chi connectivity index (χ0v) is 14.5. The van der Waals surface area contributed by atoms with Gasteiger partial charge in [-0.25, -0.2) is 8.42 Å². The smallest absolute Gasteiger partial charge is 0.277 e. The fraction of sp³-hybridized carbons (Fsp3) is 0.769. The van der Waals surface area contributed by atoms with E-state index in [0.29, 0.717) is 23.5 Å².